The highest BCUT2D eigenvalue weighted by Crippen LogP contribution is 2.41. The van der Waals surface area contributed by atoms with Crippen molar-refractivity contribution in [3.05, 3.63) is 128 Å². The second-order valence-electron chi connectivity index (χ2n) is 11.7. The molecule has 2 aliphatic heterocycles. The van der Waals surface area contributed by atoms with E-state index in [9.17, 15) is 9.59 Å². The Morgan fingerprint density at radius 1 is 0.958 bits per heavy atom. The lowest BCUT2D eigenvalue weighted by molar-refractivity contribution is -0.143. The molecule has 3 atom stereocenters. The smallest absolute Gasteiger partial charge is 0.310 e. The van der Waals surface area contributed by atoms with Crippen molar-refractivity contribution in [1.82, 2.24) is 9.80 Å². The molecule has 6 rings (SSSR count). The van der Waals surface area contributed by atoms with E-state index >= 15 is 0 Å². The van der Waals surface area contributed by atoms with E-state index in [-0.39, 0.29) is 43.0 Å². The third-order valence-corrected chi connectivity index (χ3v) is 9.60. The Balaban J connectivity index is 1.05. The first-order valence-electron chi connectivity index (χ1n) is 15.7. The minimum Gasteiger partial charge on any atom is -0.497 e. The second-order valence-corrected chi connectivity index (χ2v) is 13.0. The molecule has 11 heteroatoms. The molecule has 8 nitrogen and oxygen atoms in total. The van der Waals surface area contributed by atoms with Crippen LogP contribution in [0.1, 0.15) is 35.4 Å². The van der Waals surface area contributed by atoms with Crippen molar-refractivity contribution < 1.29 is 28.5 Å². The van der Waals surface area contributed by atoms with Crippen LogP contribution in [-0.4, -0.2) is 67.7 Å². The predicted octanol–water partition coefficient (Wildman–Crippen LogP) is 8.26. The number of carbonyl (C=O) groups excluding carboxylic acids is 2. The first-order valence-corrected chi connectivity index (χ1v) is 16.8. The zero-order valence-corrected chi connectivity index (χ0v) is 28.8. The van der Waals surface area contributed by atoms with E-state index in [4.69, 9.17) is 53.8 Å². The van der Waals surface area contributed by atoms with E-state index < -0.39 is 0 Å². The average Bonchev–Trinajstić information content (AvgIpc) is 3.35. The Morgan fingerprint density at radius 3 is 2.38 bits per heavy atom. The number of benzene rings is 3. The third-order valence-electron chi connectivity index (χ3n) is 8.77. The summed E-state index contributed by atoms with van der Waals surface area (Å²) in [6.07, 6.45) is 5.58. The summed E-state index contributed by atoms with van der Waals surface area (Å²) in [4.78, 5) is 30.7. The van der Waals surface area contributed by atoms with Gasteiger partial charge in [-0.3, -0.25) is 14.5 Å². The van der Waals surface area contributed by atoms with Gasteiger partial charge >= 0.3 is 5.97 Å². The van der Waals surface area contributed by atoms with Crippen molar-refractivity contribution in [2.75, 3.05) is 40.0 Å². The van der Waals surface area contributed by atoms with Crippen molar-refractivity contribution in [1.29, 1.82) is 0 Å². The first-order chi connectivity index (χ1) is 23.2. The number of amides is 1. The molecule has 2 heterocycles. The lowest BCUT2D eigenvalue weighted by Gasteiger charge is -2.33. The molecule has 48 heavy (non-hydrogen) atoms. The molecule has 0 saturated carbocycles. The lowest BCUT2D eigenvalue weighted by atomic mass is 9.88. The zero-order valence-electron chi connectivity index (χ0n) is 26.5. The normalized spacial score (nSPS) is 20.7. The molecule has 250 valence electrons. The Hall–Kier alpha value is -3.79. The summed E-state index contributed by atoms with van der Waals surface area (Å²) in [6, 6.07) is 19.2. The quantitative estimate of drug-likeness (QED) is 0.196. The molecule has 0 N–H and O–H groups in total. The van der Waals surface area contributed by atoms with Crippen LogP contribution in [0.5, 0.6) is 11.5 Å². The van der Waals surface area contributed by atoms with Gasteiger partial charge in [0.1, 0.15) is 23.9 Å². The summed E-state index contributed by atoms with van der Waals surface area (Å²) in [5.74, 6) is 1.23. The van der Waals surface area contributed by atoms with Gasteiger partial charge in [0.05, 0.1) is 37.3 Å². The van der Waals surface area contributed by atoms with Gasteiger partial charge < -0.3 is 23.8 Å². The number of halogens is 3. The van der Waals surface area contributed by atoms with Gasteiger partial charge in [-0.25, -0.2) is 0 Å². The van der Waals surface area contributed by atoms with Gasteiger partial charge in [0.25, 0.3) is 5.91 Å². The fraction of sp³-hybridized carbons (Fsp3) is 0.297. The van der Waals surface area contributed by atoms with Crippen molar-refractivity contribution in [3.63, 3.8) is 0 Å². The van der Waals surface area contributed by atoms with Crippen LogP contribution in [0.2, 0.25) is 15.1 Å². The SMILES string of the molecule is COC1=CC2C(CC(=O)OCCN3CCOC(c4ccc(Oc5ccc(Cl)cc5)cc4Cl)C3)=C(C)N(C(=O)c3ccc(Cl)cc3)C2C=C1. The number of fused-ring (bicyclic) bond motifs is 1. The second kappa shape index (κ2) is 15.2. The standard InChI is InChI=1S/C37H35Cl3N2O6/c1-23-31(32-19-28(45-2)12-14-34(32)42(23)37(44)24-3-5-25(38)6-4-24)21-36(43)47-18-16-41-15-17-46-35(22-41)30-13-11-29(20-33(30)40)48-27-9-7-26(39)8-10-27/h3-14,19-20,32,34-35H,15-18,21-22H2,1-2H3. The molecule has 3 aliphatic rings. The Morgan fingerprint density at radius 2 is 1.67 bits per heavy atom. The fourth-order valence-corrected chi connectivity index (χ4v) is 6.82. The molecule has 1 fully saturated rings. The van der Waals surface area contributed by atoms with E-state index in [2.05, 4.69) is 4.90 Å². The third kappa shape index (κ3) is 7.74. The van der Waals surface area contributed by atoms with Crippen molar-refractivity contribution in [2.24, 2.45) is 5.92 Å². The highest BCUT2D eigenvalue weighted by Gasteiger charge is 2.42. The van der Waals surface area contributed by atoms with Crippen LogP contribution in [0.3, 0.4) is 0 Å². The van der Waals surface area contributed by atoms with Crippen LogP contribution >= 0.6 is 34.8 Å². The molecule has 3 aromatic carbocycles. The van der Waals surface area contributed by atoms with E-state index in [0.29, 0.717) is 64.1 Å². The highest BCUT2D eigenvalue weighted by atomic mass is 35.5. The van der Waals surface area contributed by atoms with E-state index in [1.54, 1.807) is 66.6 Å². The van der Waals surface area contributed by atoms with Gasteiger partial charge in [-0.05, 0) is 85.3 Å². The lowest BCUT2D eigenvalue weighted by Crippen LogP contribution is -2.40. The maximum absolute atomic E-state index is 13.6. The Bertz CT molecular complexity index is 1760. The Labute approximate surface area is 295 Å². The van der Waals surface area contributed by atoms with Crippen LogP contribution in [0.25, 0.3) is 0 Å². The molecular formula is C37H35Cl3N2O6. The van der Waals surface area contributed by atoms with Gasteiger partial charge in [0, 0.05) is 52.4 Å². The largest absolute Gasteiger partial charge is 0.497 e. The maximum atomic E-state index is 13.6. The van der Waals surface area contributed by atoms with E-state index in [1.807, 2.05) is 37.3 Å². The average molecular weight is 710 g/mol. The van der Waals surface area contributed by atoms with E-state index in [1.165, 1.54) is 0 Å². The molecule has 0 bridgehead atoms. The summed E-state index contributed by atoms with van der Waals surface area (Å²) in [6.45, 7) is 4.46. The number of allylic oxidation sites excluding steroid dienone is 2. The zero-order chi connectivity index (χ0) is 33.8. The van der Waals surface area contributed by atoms with Gasteiger partial charge in [-0.15, -0.1) is 0 Å². The van der Waals surface area contributed by atoms with Crippen molar-refractivity contribution >= 4 is 46.7 Å². The number of ether oxygens (including phenoxy) is 4. The van der Waals surface area contributed by atoms with Crippen molar-refractivity contribution in [2.45, 2.75) is 25.5 Å². The fourth-order valence-electron chi connectivity index (χ4n) is 6.28. The molecular weight excluding hydrogens is 675 g/mol. The summed E-state index contributed by atoms with van der Waals surface area (Å²) in [7, 11) is 1.60. The molecule has 0 aromatic heterocycles. The number of methoxy groups -OCH3 is 1. The number of nitrogens with zero attached hydrogens (tertiary/aromatic N) is 2. The number of esters is 1. The summed E-state index contributed by atoms with van der Waals surface area (Å²) < 4.78 is 23.2. The monoisotopic (exact) mass is 708 g/mol. The topological polar surface area (TPSA) is 77.5 Å². The summed E-state index contributed by atoms with van der Waals surface area (Å²) >= 11 is 18.7. The predicted molar refractivity (Wildman–Crippen MR) is 186 cm³/mol. The number of hydrogen-bond acceptors (Lipinski definition) is 7. The minimum atomic E-state index is -0.352. The number of hydrogen-bond donors (Lipinski definition) is 0. The first kappa shape index (κ1) is 34.1. The van der Waals surface area contributed by atoms with Gasteiger partial charge in [0.2, 0.25) is 0 Å². The molecule has 0 radical (unpaired) electrons. The molecule has 1 saturated heterocycles. The minimum absolute atomic E-state index is 0.0600. The Kier molecular flexibility index (Phi) is 10.8. The van der Waals surface area contributed by atoms with E-state index in [0.717, 1.165) is 16.8 Å². The van der Waals surface area contributed by atoms with Crippen LogP contribution in [0, 0.1) is 5.92 Å². The maximum Gasteiger partial charge on any atom is 0.310 e. The molecule has 3 unspecified atom stereocenters. The highest BCUT2D eigenvalue weighted by molar-refractivity contribution is 6.31. The van der Waals surface area contributed by atoms with Gasteiger partial charge in [-0.2, -0.15) is 0 Å². The summed E-state index contributed by atoms with van der Waals surface area (Å²) in [5.41, 5.74) is 2.94. The van der Waals surface area contributed by atoms with Crippen LogP contribution < -0.4 is 4.74 Å². The van der Waals surface area contributed by atoms with Crippen LogP contribution in [0.4, 0.5) is 0 Å². The summed E-state index contributed by atoms with van der Waals surface area (Å²) in [5, 5.41) is 1.73. The molecule has 3 aromatic rings. The number of carbonyl (C=O) groups is 2. The molecule has 1 aliphatic carbocycles. The number of morpholine rings is 1. The molecule has 0 spiro atoms. The van der Waals surface area contributed by atoms with Gasteiger partial charge in [-0.1, -0.05) is 46.9 Å². The van der Waals surface area contributed by atoms with Crippen LogP contribution in [-0.2, 0) is 19.0 Å². The molecule has 1 amide bonds. The van der Waals surface area contributed by atoms with Crippen molar-refractivity contribution in [3.8, 4) is 11.5 Å². The number of rotatable bonds is 10. The van der Waals surface area contributed by atoms with Gasteiger partial charge in [0.15, 0.2) is 0 Å². The van der Waals surface area contributed by atoms with Crippen LogP contribution in [0.15, 0.2) is 102 Å².